The van der Waals surface area contributed by atoms with Crippen LogP contribution in [-0.2, 0) is 6.42 Å². The van der Waals surface area contributed by atoms with Crippen LogP contribution in [0.1, 0.15) is 32.4 Å². The summed E-state index contributed by atoms with van der Waals surface area (Å²) in [5.74, 6) is 0.691. The van der Waals surface area contributed by atoms with E-state index in [0.29, 0.717) is 5.82 Å². The van der Waals surface area contributed by atoms with Crippen molar-refractivity contribution in [2.24, 2.45) is 0 Å². The van der Waals surface area contributed by atoms with Gasteiger partial charge in [0.05, 0.1) is 6.20 Å². The van der Waals surface area contributed by atoms with Crippen molar-refractivity contribution in [3.63, 3.8) is 0 Å². The standard InChI is InChI=1S/C15H21N5O/c1-11(2)20-14(6-8-17-20)19-15(21)18-12(3)9-13-5-4-7-16-10-13/h4-8,10-12H,9H2,1-3H3,(H2,18,19,21)/t12-/m1/s1. The lowest BCUT2D eigenvalue weighted by atomic mass is 10.1. The molecule has 0 saturated heterocycles. The molecule has 2 rings (SSSR count). The lowest BCUT2D eigenvalue weighted by Crippen LogP contribution is -2.37. The minimum absolute atomic E-state index is 0.0182. The molecule has 0 aliphatic rings. The van der Waals surface area contributed by atoms with Crippen LogP contribution in [0, 0.1) is 0 Å². The first-order valence-corrected chi connectivity index (χ1v) is 7.06. The zero-order valence-corrected chi connectivity index (χ0v) is 12.6. The summed E-state index contributed by atoms with van der Waals surface area (Å²) < 4.78 is 1.77. The molecule has 0 fully saturated rings. The van der Waals surface area contributed by atoms with Gasteiger partial charge in [-0.05, 0) is 38.8 Å². The predicted octanol–water partition coefficient (Wildman–Crippen LogP) is 2.61. The number of carbonyl (C=O) groups is 1. The smallest absolute Gasteiger partial charge is 0.320 e. The highest BCUT2D eigenvalue weighted by Crippen LogP contribution is 2.12. The van der Waals surface area contributed by atoms with Gasteiger partial charge in [0.1, 0.15) is 5.82 Å². The van der Waals surface area contributed by atoms with Crippen LogP contribution in [-0.4, -0.2) is 26.8 Å². The van der Waals surface area contributed by atoms with Crippen molar-refractivity contribution < 1.29 is 4.79 Å². The molecule has 0 aliphatic heterocycles. The molecule has 2 aromatic heterocycles. The molecule has 0 radical (unpaired) electrons. The molecule has 0 spiro atoms. The molecule has 0 saturated carbocycles. The lowest BCUT2D eigenvalue weighted by Gasteiger charge is -2.16. The van der Waals surface area contributed by atoms with E-state index in [9.17, 15) is 4.79 Å². The number of urea groups is 1. The molecular weight excluding hydrogens is 266 g/mol. The van der Waals surface area contributed by atoms with Gasteiger partial charge in [0.2, 0.25) is 0 Å². The number of rotatable bonds is 5. The Labute approximate surface area is 124 Å². The van der Waals surface area contributed by atoms with E-state index in [4.69, 9.17) is 0 Å². The second-order valence-electron chi connectivity index (χ2n) is 5.32. The maximum absolute atomic E-state index is 12.0. The number of pyridine rings is 1. The van der Waals surface area contributed by atoms with Crippen molar-refractivity contribution >= 4 is 11.8 Å². The highest BCUT2D eigenvalue weighted by atomic mass is 16.2. The molecule has 0 aromatic carbocycles. The van der Waals surface area contributed by atoms with Gasteiger partial charge in [0.15, 0.2) is 0 Å². The summed E-state index contributed by atoms with van der Waals surface area (Å²) in [6.07, 6.45) is 5.96. The Morgan fingerprint density at radius 2 is 2.10 bits per heavy atom. The van der Waals surface area contributed by atoms with Crippen molar-refractivity contribution in [2.45, 2.75) is 39.3 Å². The highest BCUT2D eigenvalue weighted by Gasteiger charge is 2.11. The number of anilines is 1. The molecule has 2 N–H and O–H groups in total. The largest absolute Gasteiger partial charge is 0.335 e. The van der Waals surface area contributed by atoms with Gasteiger partial charge in [-0.25, -0.2) is 9.48 Å². The first-order valence-electron chi connectivity index (χ1n) is 7.06. The topological polar surface area (TPSA) is 71.8 Å². The third kappa shape index (κ3) is 4.30. The van der Waals surface area contributed by atoms with Crippen LogP contribution in [0.25, 0.3) is 0 Å². The fourth-order valence-corrected chi connectivity index (χ4v) is 2.12. The number of nitrogens with zero attached hydrogens (tertiary/aromatic N) is 3. The third-order valence-corrected chi connectivity index (χ3v) is 3.04. The number of carbonyl (C=O) groups excluding carboxylic acids is 1. The molecule has 2 aromatic rings. The van der Waals surface area contributed by atoms with Gasteiger partial charge < -0.3 is 5.32 Å². The second-order valence-corrected chi connectivity index (χ2v) is 5.32. The average molecular weight is 287 g/mol. The van der Waals surface area contributed by atoms with Crippen LogP contribution in [0.5, 0.6) is 0 Å². The van der Waals surface area contributed by atoms with Crippen LogP contribution in [0.2, 0.25) is 0 Å². The number of nitrogens with one attached hydrogen (secondary N) is 2. The molecule has 112 valence electrons. The molecule has 0 aliphatic carbocycles. The predicted molar refractivity (Wildman–Crippen MR) is 82.2 cm³/mol. The molecule has 21 heavy (non-hydrogen) atoms. The summed E-state index contributed by atoms with van der Waals surface area (Å²) in [6.45, 7) is 5.99. The molecular formula is C15H21N5O. The number of hydrogen-bond donors (Lipinski definition) is 2. The van der Waals surface area contributed by atoms with Crippen molar-refractivity contribution in [1.29, 1.82) is 0 Å². The third-order valence-electron chi connectivity index (χ3n) is 3.04. The van der Waals surface area contributed by atoms with Gasteiger partial charge in [0, 0.05) is 30.5 Å². The average Bonchev–Trinajstić information content (AvgIpc) is 2.87. The van der Waals surface area contributed by atoms with Gasteiger partial charge in [0.25, 0.3) is 0 Å². The van der Waals surface area contributed by atoms with E-state index in [2.05, 4.69) is 20.7 Å². The molecule has 1 atom stereocenters. The first kappa shape index (κ1) is 15.0. The van der Waals surface area contributed by atoms with E-state index in [-0.39, 0.29) is 18.1 Å². The maximum atomic E-state index is 12.0. The Morgan fingerprint density at radius 3 is 2.76 bits per heavy atom. The normalized spacial score (nSPS) is 12.2. The Balaban J connectivity index is 1.88. The summed E-state index contributed by atoms with van der Waals surface area (Å²) in [6, 6.07) is 5.66. The van der Waals surface area contributed by atoms with E-state index in [0.717, 1.165) is 12.0 Å². The molecule has 6 heteroatoms. The number of hydrogen-bond acceptors (Lipinski definition) is 3. The molecule has 2 heterocycles. The van der Waals surface area contributed by atoms with Crippen molar-refractivity contribution in [3.05, 3.63) is 42.4 Å². The maximum Gasteiger partial charge on any atom is 0.320 e. The summed E-state index contributed by atoms with van der Waals surface area (Å²) in [5, 5.41) is 9.92. The van der Waals surface area contributed by atoms with Gasteiger partial charge in [-0.2, -0.15) is 5.10 Å². The van der Waals surface area contributed by atoms with E-state index in [1.165, 1.54) is 0 Å². The molecule has 6 nitrogen and oxygen atoms in total. The highest BCUT2D eigenvalue weighted by molar-refractivity contribution is 5.88. The second kappa shape index (κ2) is 6.88. The van der Waals surface area contributed by atoms with Gasteiger partial charge in [-0.15, -0.1) is 0 Å². The number of amides is 2. The summed E-state index contributed by atoms with van der Waals surface area (Å²) >= 11 is 0. The quantitative estimate of drug-likeness (QED) is 0.888. The zero-order chi connectivity index (χ0) is 15.2. The van der Waals surface area contributed by atoms with E-state index < -0.39 is 0 Å². The Morgan fingerprint density at radius 1 is 1.29 bits per heavy atom. The fourth-order valence-electron chi connectivity index (χ4n) is 2.12. The van der Waals surface area contributed by atoms with Crippen LogP contribution in [0.15, 0.2) is 36.8 Å². The summed E-state index contributed by atoms with van der Waals surface area (Å²) in [5.41, 5.74) is 1.09. The fraction of sp³-hybridized carbons (Fsp3) is 0.400. The summed E-state index contributed by atoms with van der Waals surface area (Å²) in [4.78, 5) is 16.1. The summed E-state index contributed by atoms with van der Waals surface area (Å²) in [7, 11) is 0. The monoisotopic (exact) mass is 287 g/mol. The lowest BCUT2D eigenvalue weighted by molar-refractivity contribution is 0.249. The van der Waals surface area contributed by atoms with Crippen molar-refractivity contribution in [1.82, 2.24) is 20.1 Å². The Hall–Kier alpha value is -2.37. The molecule has 0 unspecified atom stereocenters. The van der Waals surface area contributed by atoms with Crippen LogP contribution in [0.3, 0.4) is 0 Å². The first-order chi connectivity index (χ1) is 10.1. The van der Waals surface area contributed by atoms with Gasteiger partial charge in [-0.3, -0.25) is 10.3 Å². The van der Waals surface area contributed by atoms with Gasteiger partial charge in [-0.1, -0.05) is 6.07 Å². The zero-order valence-electron chi connectivity index (χ0n) is 12.6. The minimum atomic E-state index is -0.228. The van der Waals surface area contributed by atoms with Crippen molar-refractivity contribution in [2.75, 3.05) is 5.32 Å². The minimum Gasteiger partial charge on any atom is -0.335 e. The molecule has 2 amide bonds. The van der Waals surface area contributed by atoms with Crippen LogP contribution < -0.4 is 10.6 Å². The Bertz CT molecular complexity index is 579. The van der Waals surface area contributed by atoms with E-state index in [1.807, 2.05) is 39.1 Å². The number of aromatic nitrogens is 3. The van der Waals surface area contributed by atoms with Crippen LogP contribution >= 0.6 is 0 Å². The molecule has 0 bridgehead atoms. The van der Waals surface area contributed by atoms with Crippen LogP contribution in [0.4, 0.5) is 10.6 Å². The van der Waals surface area contributed by atoms with E-state index in [1.54, 1.807) is 23.1 Å². The van der Waals surface area contributed by atoms with Gasteiger partial charge >= 0.3 is 6.03 Å². The Kier molecular flexibility index (Phi) is 4.92. The van der Waals surface area contributed by atoms with Crippen molar-refractivity contribution in [3.8, 4) is 0 Å². The van der Waals surface area contributed by atoms with E-state index >= 15 is 0 Å². The SMILES string of the molecule is CC(C)n1nccc1NC(=O)N[C@H](C)Cc1cccnc1.